The highest BCUT2D eigenvalue weighted by Crippen LogP contribution is 2.21. The Hall–Kier alpha value is -0.350. The van der Waals surface area contributed by atoms with Crippen molar-refractivity contribution in [3.8, 4) is 0 Å². The van der Waals surface area contributed by atoms with Crippen molar-refractivity contribution in [2.24, 2.45) is 5.73 Å². The van der Waals surface area contributed by atoms with Crippen molar-refractivity contribution >= 4 is 23.2 Å². The summed E-state index contributed by atoms with van der Waals surface area (Å²) in [6.07, 6.45) is 1.50. The molecular weight excluding hydrogens is 199 g/mol. The van der Waals surface area contributed by atoms with Crippen molar-refractivity contribution in [1.29, 1.82) is 0 Å². The van der Waals surface area contributed by atoms with E-state index in [4.69, 9.17) is 34.0 Å². The van der Waals surface area contributed by atoms with E-state index in [-0.39, 0.29) is 11.8 Å². The van der Waals surface area contributed by atoms with Crippen molar-refractivity contribution in [3.63, 3.8) is 0 Å². The Bertz CT molecular complexity index is 280. The number of nitrogens with two attached hydrogens (primary N) is 1. The van der Waals surface area contributed by atoms with Crippen LogP contribution in [0.2, 0.25) is 10.2 Å². The molecule has 0 saturated carbocycles. The van der Waals surface area contributed by atoms with E-state index in [1.165, 1.54) is 6.20 Å². The lowest BCUT2D eigenvalue weighted by Gasteiger charge is -2.07. The maximum absolute atomic E-state index is 8.72. The first-order chi connectivity index (χ1) is 5.65. The van der Waals surface area contributed by atoms with Crippen molar-refractivity contribution in [3.05, 3.63) is 28.0 Å². The van der Waals surface area contributed by atoms with Gasteiger partial charge in [0.2, 0.25) is 0 Å². The monoisotopic (exact) mass is 206 g/mol. The van der Waals surface area contributed by atoms with Crippen LogP contribution in [0.3, 0.4) is 0 Å². The summed E-state index contributed by atoms with van der Waals surface area (Å²) in [7, 11) is 0. The van der Waals surface area contributed by atoms with Gasteiger partial charge in [-0.2, -0.15) is 0 Å². The molecule has 66 valence electrons. The third-order valence-electron chi connectivity index (χ3n) is 1.44. The summed E-state index contributed by atoms with van der Waals surface area (Å²) in [4.78, 5) is 3.79. The minimum atomic E-state index is -0.452. The predicted molar refractivity (Wildman–Crippen MR) is 48.3 cm³/mol. The molecule has 3 N–H and O–H groups in total. The fourth-order valence-corrected chi connectivity index (χ4v) is 1.02. The fourth-order valence-electron chi connectivity index (χ4n) is 0.744. The van der Waals surface area contributed by atoms with Crippen molar-refractivity contribution < 1.29 is 5.11 Å². The molecule has 12 heavy (non-hydrogen) atoms. The average molecular weight is 207 g/mol. The number of rotatable bonds is 2. The lowest BCUT2D eigenvalue weighted by molar-refractivity contribution is 0.268. The summed E-state index contributed by atoms with van der Waals surface area (Å²) in [5.41, 5.74) is 6.19. The second-order valence-electron chi connectivity index (χ2n) is 2.33. The zero-order chi connectivity index (χ0) is 9.14. The Balaban J connectivity index is 2.96. The van der Waals surface area contributed by atoms with Crippen LogP contribution >= 0.6 is 23.2 Å². The van der Waals surface area contributed by atoms with Crippen LogP contribution in [0.4, 0.5) is 0 Å². The van der Waals surface area contributed by atoms with Crippen molar-refractivity contribution in [2.45, 2.75) is 6.04 Å². The minimum absolute atomic E-state index is 0.139. The summed E-state index contributed by atoms with van der Waals surface area (Å²) in [6, 6.07) is 1.14. The zero-order valence-corrected chi connectivity index (χ0v) is 7.68. The molecule has 5 heteroatoms. The highest BCUT2D eigenvalue weighted by molar-refractivity contribution is 6.41. The van der Waals surface area contributed by atoms with Gasteiger partial charge >= 0.3 is 0 Å². The Morgan fingerprint density at radius 2 is 2.25 bits per heavy atom. The zero-order valence-electron chi connectivity index (χ0n) is 6.17. The molecule has 0 aliphatic heterocycles. The molecule has 0 spiro atoms. The summed E-state index contributed by atoms with van der Waals surface area (Å²) in [5.74, 6) is 0. The van der Waals surface area contributed by atoms with E-state index in [0.29, 0.717) is 10.6 Å². The molecule has 0 fully saturated rings. The van der Waals surface area contributed by atoms with Gasteiger partial charge in [-0.1, -0.05) is 23.2 Å². The Morgan fingerprint density at radius 1 is 1.58 bits per heavy atom. The molecule has 0 radical (unpaired) electrons. The van der Waals surface area contributed by atoms with Crippen LogP contribution < -0.4 is 5.73 Å². The summed E-state index contributed by atoms with van der Waals surface area (Å²) < 4.78 is 0. The average Bonchev–Trinajstić information content (AvgIpc) is 2.08. The van der Waals surface area contributed by atoms with Crippen LogP contribution in [-0.4, -0.2) is 16.7 Å². The summed E-state index contributed by atoms with van der Waals surface area (Å²) >= 11 is 11.3. The predicted octanol–water partition coefficient (Wildman–Crippen LogP) is 1.38. The molecule has 0 bridgehead atoms. The standard InChI is InChI=1S/C7H8Cl2N2O/c8-5-1-4(6(10)3-12)2-11-7(5)9/h1-2,6,12H,3,10H2. The molecule has 1 aromatic rings. The maximum atomic E-state index is 8.72. The number of hydrogen-bond donors (Lipinski definition) is 2. The summed E-state index contributed by atoms with van der Waals surface area (Å²) in [5, 5.41) is 9.31. The SMILES string of the molecule is NC(CO)c1cnc(Cl)c(Cl)c1. The molecule has 1 heterocycles. The molecular formula is C7H8Cl2N2O. The lowest BCUT2D eigenvalue weighted by atomic mass is 10.1. The number of aromatic nitrogens is 1. The second kappa shape index (κ2) is 4.05. The van der Waals surface area contributed by atoms with Crippen LogP contribution in [0.5, 0.6) is 0 Å². The maximum Gasteiger partial charge on any atom is 0.147 e. The van der Waals surface area contributed by atoms with Crippen LogP contribution in [0.1, 0.15) is 11.6 Å². The Kier molecular flexibility index (Phi) is 3.29. The third-order valence-corrected chi connectivity index (χ3v) is 2.13. The number of halogens is 2. The topological polar surface area (TPSA) is 59.1 Å². The first-order valence-electron chi connectivity index (χ1n) is 3.32. The molecule has 0 aliphatic carbocycles. The number of nitrogens with zero attached hydrogens (tertiary/aromatic N) is 1. The van der Waals surface area contributed by atoms with Crippen molar-refractivity contribution in [2.75, 3.05) is 6.61 Å². The molecule has 0 saturated heterocycles. The normalized spacial score (nSPS) is 13.0. The van der Waals surface area contributed by atoms with Gasteiger partial charge < -0.3 is 10.8 Å². The Labute approximate surface area is 80.1 Å². The van der Waals surface area contributed by atoms with E-state index >= 15 is 0 Å². The molecule has 1 unspecified atom stereocenters. The van der Waals surface area contributed by atoms with E-state index in [1.807, 2.05) is 0 Å². The van der Waals surface area contributed by atoms with Gasteiger partial charge in [-0.3, -0.25) is 0 Å². The van der Waals surface area contributed by atoms with Gasteiger partial charge in [-0.15, -0.1) is 0 Å². The minimum Gasteiger partial charge on any atom is -0.394 e. The van der Waals surface area contributed by atoms with Gasteiger partial charge in [-0.25, -0.2) is 4.98 Å². The smallest absolute Gasteiger partial charge is 0.147 e. The first-order valence-corrected chi connectivity index (χ1v) is 4.08. The molecule has 0 aromatic carbocycles. The number of pyridine rings is 1. The first kappa shape index (κ1) is 9.74. The van der Waals surface area contributed by atoms with Gasteiger partial charge in [0, 0.05) is 6.20 Å². The van der Waals surface area contributed by atoms with Gasteiger partial charge in [0.25, 0.3) is 0 Å². The van der Waals surface area contributed by atoms with Crippen LogP contribution in [0, 0.1) is 0 Å². The van der Waals surface area contributed by atoms with E-state index in [1.54, 1.807) is 6.07 Å². The van der Waals surface area contributed by atoms with Gasteiger partial charge in [0.15, 0.2) is 0 Å². The van der Waals surface area contributed by atoms with Gasteiger partial charge in [-0.05, 0) is 11.6 Å². The number of hydrogen-bond acceptors (Lipinski definition) is 3. The molecule has 1 rings (SSSR count). The van der Waals surface area contributed by atoms with Gasteiger partial charge in [0.1, 0.15) is 5.15 Å². The van der Waals surface area contributed by atoms with E-state index < -0.39 is 6.04 Å². The molecule has 0 aliphatic rings. The van der Waals surface area contributed by atoms with Crippen LogP contribution in [0.15, 0.2) is 12.3 Å². The van der Waals surface area contributed by atoms with Crippen molar-refractivity contribution in [1.82, 2.24) is 4.98 Å². The second-order valence-corrected chi connectivity index (χ2v) is 3.10. The van der Waals surface area contributed by atoms with E-state index in [2.05, 4.69) is 4.98 Å². The van der Waals surface area contributed by atoms with Crippen LogP contribution in [-0.2, 0) is 0 Å². The number of aliphatic hydroxyl groups excluding tert-OH is 1. The largest absolute Gasteiger partial charge is 0.394 e. The Morgan fingerprint density at radius 3 is 2.75 bits per heavy atom. The quantitative estimate of drug-likeness (QED) is 0.720. The molecule has 3 nitrogen and oxygen atoms in total. The molecule has 0 amide bonds. The van der Waals surface area contributed by atoms with Gasteiger partial charge in [0.05, 0.1) is 17.7 Å². The molecule has 1 atom stereocenters. The van der Waals surface area contributed by atoms with Crippen LogP contribution in [0.25, 0.3) is 0 Å². The fraction of sp³-hybridized carbons (Fsp3) is 0.286. The highest BCUT2D eigenvalue weighted by atomic mass is 35.5. The number of aliphatic hydroxyl groups is 1. The summed E-state index contributed by atoms with van der Waals surface area (Å²) in [6.45, 7) is -0.139. The van der Waals surface area contributed by atoms with E-state index in [0.717, 1.165) is 0 Å². The highest BCUT2D eigenvalue weighted by Gasteiger charge is 2.07. The van der Waals surface area contributed by atoms with E-state index in [9.17, 15) is 0 Å². The third kappa shape index (κ3) is 2.08. The molecule has 1 aromatic heterocycles. The lowest BCUT2D eigenvalue weighted by Crippen LogP contribution is -2.14.